The summed E-state index contributed by atoms with van der Waals surface area (Å²) >= 11 is 3.09. The lowest BCUT2D eigenvalue weighted by atomic mass is 9.94. The Kier molecular flexibility index (Phi) is 4.86. The van der Waals surface area contributed by atoms with Crippen molar-refractivity contribution in [3.05, 3.63) is 93.9 Å². The normalized spacial score (nSPS) is 14.8. The van der Waals surface area contributed by atoms with E-state index in [0.29, 0.717) is 22.2 Å². The average molecular weight is 406 g/mol. The molecule has 0 aromatic heterocycles. The molecule has 128 valence electrons. The molecule has 1 aliphatic rings. The van der Waals surface area contributed by atoms with Crippen molar-refractivity contribution in [1.29, 1.82) is 0 Å². The summed E-state index contributed by atoms with van der Waals surface area (Å²) in [4.78, 5) is 1.49. The molecule has 0 saturated heterocycles. The first-order valence-corrected chi connectivity index (χ1v) is 8.52. The average Bonchev–Trinajstić information content (AvgIpc) is 2.58. The number of hydrogen-bond donors (Lipinski definition) is 0. The molecule has 5 heteroatoms. The molecule has 0 aliphatic carbocycles. The van der Waals surface area contributed by atoms with Crippen molar-refractivity contribution in [1.82, 2.24) is 4.90 Å². The first kappa shape index (κ1) is 17.5. The van der Waals surface area contributed by atoms with Gasteiger partial charge in [0.15, 0.2) is 0 Å². The quantitative estimate of drug-likeness (QED) is 0.579. The van der Waals surface area contributed by atoms with Crippen molar-refractivity contribution >= 4 is 27.2 Å². The second kappa shape index (κ2) is 6.92. The van der Waals surface area contributed by atoms with Crippen molar-refractivity contribution in [2.45, 2.75) is 6.92 Å². The van der Waals surface area contributed by atoms with Crippen LogP contribution in [0.25, 0.3) is 11.3 Å². The van der Waals surface area contributed by atoms with Gasteiger partial charge in [-0.2, -0.15) is 0 Å². The highest BCUT2D eigenvalue weighted by molar-refractivity contribution is 9.10. The van der Waals surface area contributed by atoms with E-state index in [-0.39, 0.29) is 17.0 Å². The fraction of sp³-hybridized carbons (Fsp3) is 0.100. The summed E-state index contributed by atoms with van der Waals surface area (Å²) in [5, 5.41) is 0. The molecule has 0 spiro atoms. The van der Waals surface area contributed by atoms with E-state index in [1.54, 1.807) is 31.2 Å². The largest absolute Gasteiger partial charge is 0.339 e. The summed E-state index contributed by atoms with van der Waals surface area (Å²) in [5.41, 5.74) is 1.23. The second-order valence-corrected chi connectivity index (χ2v) is 6.47. The summed E-state index contributed by atoms with van der Waals surface area (Å²) in [6.07, 6.45) is 1.28. The van der Waals surface area contributed by atoms with Crippen LogP contribution >= 0.6 is 15.9 Å². The lowest BCUT2D eigenvalue weighted by Gasteiger charge is -2.33. The summed E-state index contributed by atoms with van der Waals surface area (Å²) < 4.78 is 44.0. The Bertz CT molecular complexity index is 877. The van der Waals surface area contributed by atoms with E-state index in [1.165, 1.54) is 23.1 Å². The third-order valence-electron chi connectivity index (χ3n) is 4.04. The SMILES string of the molecule is C=C1C(F)=CC(c2ccccc2)=C(c2c(F)cc(Br)cc2F)N1CC. The molecule has 2 aromatic rings. The Morgan fingerprint density at radius 2 is 1.64 bits per heavy atom. The van der Waals surface area contributed by atoms with E-state index in [0.717, 1.165) is 0 Å². The summed E-state index contributed by atoms with van der Waals surface area (Å²) in [6.45, 7) is 5.82. The maximum atomic E-state index is 14.6. The summed E-state index contributed by atoms with van der Waals surface area (Å²) in [5.74, 6) is -1.98. The standard InChI is InChI=1S/C20H15BrF3N/c1-3-25-12(2)16(22)11-15(13-7-5-4-6-8-13)20(25)19-17(23)9-14(21)10-18(19)24/h4-11H,2-3H2,1H3. The first-order chi connectivity index (χ1) is 11.9. The fourth-order valence-electron chi connectivity index (χ4n) is 2.91. The van der Waals surface area contributed by atoms with Crippen molar-refractivity contribution in [3.63, 3.8) is 0 Å². The van der Waals surface area contributed by atoms with Gasteiger partial charge in [0.1, 0.15) is 17.5 Å². The topological polar surface area (TPSA) is 3.24 Å². The summed E-state index contributed by atoms with van der Waals surface area (Å²) in [7, 11) is 0. The van der Waals surface area contributed by atoms with Gasteiger partial charge in [-0.3, -0.25) is 0 Å². The third kappa shape index (κ3) is 3.16. The van der Waals surface area contributed by atoms with Crippen LogP contribution in [0.3, 0.4) is 0 Å². The van der Waals surface area contributed by atoms with Gasteiger partial charge in [-0.25, -0.2) is 13.2 Å². The first-order valence-electron chi connectivity index (χ1n) is 7.72. The van der Waals surface area contributed by atoms with Gasteiger partial charge in [-0.15, -0.1) is 0 Å². The van der Waals surface area contributed by atoms with Crippen LogP contribution in [0.4, 0.5) is 13.2 Å². The monoisotopic (exact) mass is 405 g/mol. The minimum absolute atomic E-state index is 0.0823. The predicted octanol–water partition coefficient (Wildman–Crippen LogP) is 6.30. The van der Waals surface area contributed by atoms with E-state index in [2.05, 4.69) is 22.5 Å². The smallest absolute Gasteiger partial charge is 0.146 e. The molecule has 1 heterocycles. The number of allylic oxidation sites excluding steroid dienone is 3. The van der Waals surface area contributed by atoms with Crippen LogP contribution in [0.5, 0.6) is 0 Å². The zero-order chi connectivity index (χ0) is 18.1. The van der Waals surface area contributed by atoms with Crippen molar-refractivity contribution < 1.29 is 13.2 Å². The number of rotatable bonds is 3. The van der Waals surface area contributed by atoms with Crippen molar-refractivity contribution in [2.24, 2.45) is 0 Å². The van der Waals surface area contributed by atoms with Gasteiger partial charge in [-0.05, 0) is 30.7 Å². The minimum atomic E-state index is -0.725. The van der Waals surface area contributed by atoms with Gasteiger partial charge in [0, 0.05) is 16.6 Å². The van der Waals surface area contributed by atoms with Crippen LogP contribution in [-0.2, 0) is 0 Å². The van der Waals surface area contributed by atoms with Crippen LogP contribution in [0.15, 0.2) is 71.1 Å². The molecule has 0 N–H and O–H groups in total. The lowest BCUT2D eigenvalue weighted by molar-refractivity contribution is 0.469. The molecule has 0 amide bonds. The highest BCUT2D eigenvalue weighted by atomic mass is 79.9. The minimum Gasteiger partial charge on any atom is -0.339 e. The van der Waals surface area contributed by atoms with Gasteiger partial charge >= 0.3 is 0 Å². The number of nitrogens with zero attached hydrogens (tertiary/aromatic N) is 1. The Morgan fingerprint density at radius 3 is 2.20 bits per heavy atom. The lowest BCUT2D eigenvalue weighted by Crippen LogP contribution is -2.26. The fourth-order valence-corrected chi connectivity index (χ4v) is 3.31. The molecule has 1 nitrogen and oxygen atoms in total. The van der Waals surface area contributed by atoms with Crippen LogP contribution in [0.2, 0.25) is 0 Å². The molecule has 0 fully saturated rings. The van der Waals surface area contributed by atoms with Gasteiger partial charge in [0.2, 0.25) is 0 Å². The Balaban J connectivity index is 2.38. The number of hydrogen-bond acceptors (Lipinski definition) is 1. The summed E-state index contributed by atoms with van der Waals surface area (Å²) in [6, 6.07) is 11.3. The Labute approximate surface area is 152 Å². The molecule has 0 atom stereocenters. The van der Waals surface area contributed by atoms with Crippen LogP contribution in [0, 0.1) is 11.6 Å². The van der Waals surface area contributed by atoms with E-state index in [4.69, 9.17) is 0 Å². The van der Waals surface area contributed by atoms with E-state index in [9.17, 15) is 13.2 Å². The molecule has 0 radical (unpaired) electrons. The van der Waals surface area contributed by atoms with Crippen LogP contribution in [0.1, 0.15) is 18.1 Å². The van der Waals surface area contributed by atoms with Gasteiger partial charge in [-0.1, -0.05) is 52.8 Å². The van der Waals surface area contributed by atoms with Crippen LogP contribution < -0.4 is 0 Å². The van der Waals surface area contributed by atoms with Crippen LogP contribution in [-0.4, -0.2) is 11.4 Å². The molecular formula is C20H15BrF3N. The molecule has 25 heavy (non-hydrogen) atoms. The van der Waals surface area contributed by atoms with Gasteiger partial charge in [0.25, 0.3) is 0 Å². The number of halogens is 4. The maximum Gasteiger partial charge on any atom is 0.146 e. The second-order valence-electron chi connectivity index (χ2n) is 5.56. The molecular weight excluding hydrogens is 391 g/mol. The molecule has 1 aliphatic heterocycles. The van der Waals surface area contributed by atoms with Crippen molar-refractivity contribution in [3.8, 4) is 0 Å². The number of likely N-dealkylation sites (N-methyl/N-ethyl adjacent to an activating group) is 1. The molecule has 0 saturated carbocycles. The van der Waals surface area contributed by atoms with Gasteiger partial charge < -0.3 is 4.90 Å². The Hall–Kier alpha value is -2.27. The van der Waals surface area contributed by atoms with E-state index in [1.807, 2.05) is 6.07 Å². The zero-order valence-corrected chi connectivity index (χ0v) is 15.1. The van der Waals surface area contributed by atoms with Crippen molar-refractivity contribution in [2.75, 3.05) is 6.54 Å². The number of benzene rings is 2. The molecule has 2 aromatic carbocycles. The highest BCUT2D eigenvalue weighted by Crippen LogP contribution is 2.41. The maximum absolute atomic E-state index is 14.6. The predicted molar refractivity (Wildman–Crippen MR) is 98.0 cm³/mol. The molecule has 0 bridgehead atoms. The Morgan fingerprint density at radius 1 is 1.04 bits per heavy atom. The zero-order valence-electron chi connectivity index (χ0n) is 13.5. The highest BCUT2D eigenvalue weighted by Gasteiger charge is 2.29. The van der Waals surface area contributed by atoms with Gasteiger partial charge in [0.05, 0.1) is 17.0 Å². The molecule has 3 rings (SSSR count). The molecule has 0 unspecified atom stereocenters. The van der Waals surface area contributed by atoms with E-state index < -0.39 is 17.5 Å². The third-order valence-corrected chi connectivity index (χ3v) is 4.50. The van der Waals surface area contributed by atoms with E-state index >= 15 is 0 Å².